The van der Waals surface area contributed by atoms with Crippen LogP contribution in [0.25, 0.3) is 0 Å². The van der Waals surface area contributed by atoms with Crippen molar-refractivity contribution in [3.63, 3.8) is 0 Å². The van der Waals surface area contributed by atoms with Crippen LogP contribution in [-0.4, -0.2) is 27.8 Å². The summed E-state index contributed by atoms with van der Waals surface area (Å²) in [6.07, 6.45) is 0.552. The lowest BCUT2D eigenvalue weighted by Crippen LogP contribution is -2.27. The Labute approximate surface area is 102 Å². The largest absolute Gasteiger partial charge is 0.361 e. The summed E-state index contributed by atoms with van der Waals surface area (Å²) in [6, 6.07) is 4.43. The van der Waals surface area contributed by atoms with E-state index in [1.807, 2.05) is 13.0 Å². The summed E-state index contributed by atoms with van der Waals surface area (Å²) in [5.41, 5.74) is 0.630. The number of H-pyrrole nitrogens is 1. The topological polar surface area (TPSA) is 101 Å². The van der Waals surface area contributed by atoms with E-state index < -0.39 is 0 Å². The van der Waals surface area contributed by atoms with Crippen molar-refractivity contribution in [3.05, 3.63) is 45.7 Å². The highest BCUT2D eigenvalue weighted by atomic mass is 16.5. The molecule has 0 spiro atoms. The molecule has 7 heteroatoms. The molecule has 0 fully saturated rings. The smallest absolute Gasteiger partial charge is 0.271 e. The number of aryl methyl sites for hydroxylation is 1. The first-order valence-electron chi connectivity index (χ1n) is 5.41. The molecule has 0 aliphatic rings. The number of rotatable bonds is 4. The normalized spacial score (nSPS) is 10.3. The minimum atomic E-state index is -0.345. The number of aromatic amines is 1. The molecule has 18 heavy (non-hydrogen) atoms. The van der Waals surface area contributed by atoms with Gasteiger partial charge in [0.1, 0.15) is 11.5 Å². The molecule has 0 saturated carbocycles. The standard InChI is InChI=1S/C11H12N4O3/c1-7-6-8(18-15-7)4-5-12-11(17)9-2-3-10(16)14-13-9/h2-3,6H,4-5H2,1H3,(H,12,17)(H,14,16). The Kier molecular flexibility index (Phi) is 3.52. The highest BCUT2D eigenvalue weighted by Crippen LogP contribution is 2.02. The van der Waals surface area contributed by atoms with Gasteiger partial charge in [-0.15, -0.1) is 0 Å². The van der Waals surface area contributed by atoms with E-state index in [9.17, 15) is 9.59 Å². The molecule has 0 aliphatic heterocycles. The molecule has 2 heterocycles. The maximum Gasteiger partial charge on any atom is 0.271 e. The van der Waals surface area contributed by atoms with Gasteiger partial charge in [0, 0.05) is 25.1 Å². The van der Waals surface area contributed by atoms with Crippen LogP contribution >= 0.6 is 0 Å². The second-order valence-electron chi connectivity index (χ2n) is 3.75. The van der Waals surface area contributed by atoms with Crippen molar-refractivity contribution < 1.29 is 9.32 Å². The average Bonchev–Trinajstić information content (AvgIpc) is 2.76. The molecule has 1 amide bonds. The Morgan fingerprint density at radius 1 is 1.50 bits per heavy atom. The SMILES string of the molecule is Cc1cc(CCNC(=O)c2ccc(=O)[nH]n2)on1. The van der Waals surface area contributed by atoms with Gasteiger partial charge in [-0.05, 0) is 13.0 Å². The summed E-state index contributed by atoms with van der Waals surface area (Å²) >= 11 is 0. The minimum Gasteiger partial charge on any atom is -0.361 e. The fourth-order valence-electron chi connectivity index (χ4n) is 1.39. The van der Waals surface area contributed by atoms with E-state index >= 15 is 0 Å². The van der Waals surface area contributed by atoms with Crippen LogP contribution in [0.1, 0.15) is 21.9 Å². The third kappa shape index (κ3) is 3.03. The number of carbonyl (C=O) groups excluding carboxylic acids is 1. The first-order valence-corrected chi connectivity index (χ1v) is 5.41. The molecule has 0 aliphatic carbocycles. The van der Waals surface area contributed by atoms with E-state index in [4.69, 9.17) is 4.52 Å². The molecule has 2 rings (SSSR count). The van der Waals surface area contributed by atoms with E-state index in [1.165, 1.54) is 12.1 Å². The predicted molar refractivity (Wildman–Crippen MR) is 62.1 cm³/mol. The molecular weight excluding hydrogens is 236 g/mol. The number of carbonyl (C=O) groups is 1. The van der Waals surface area contributed by atoms with Crippen LogP contribution in [0.2, 0.25) is 0 Å². The minimum absolute atomic E-state index is 0.170. The highest BCUT2D eigenvalue weighted by molar-refractivity contribution is 5.91. The number of hydrogen-bond acceptors (Lipinski definition) is 5. The molecule has 0 saturated heterocycles. The summed E-state index contributed by atoms with van der Waals surface area (Å²) in [7, 11) is 0. The van der Waals surface area contributed by atoms with E-state index in [2.05, 4.69) is 20.7 Å². The van der Waals surface area contributed by atoms with Crippen LogP contribution in [-0.2, 0) is 6.42 Å². The highest BCUT2D eigenvalue weighted by Gasteiger charge is 2.07. The van der Waals surface area contributed by atoms with Crippen LogP contribution in [0.5, 0.6) is 0 Å². The van der Waals surface area contributed by atoms with Gasteiger partial charge in [0.25, 0.3) is 11.5 Å². The molecule has 2 aromatic rings. The van der Waals surface area contributed by atoms with Gasteiger partial charge in [-0.25, -0.2) is 5.10 Å². The first-order chi connectivity index (χ1) is 8.65. The van der Waals surface area contributed by atoms with E-state index in [-0.39, 0.29) is 17.2 Å². The summed E-state index contributed by atoms with van der Waals surface area (Å²) in [5.74, 6) is 0.365. The summed E-state index contributed by atoms with van der Waals surface area (Å²) < 4.78 is 5.00. The van der Waals surface area contributed by atoms with Crippen LogP contribution in [0.15, 0.2) is 27.5 Å². The Hall–Kier alpha value is -2.44. The molecule has 7 nitrogen and oxygen atoms in total. The summed E-state index contributed by atoms with van der Waals surface area (Å²) in [6.45, 7) is 2.24. The van der Waals surface area contributed by atoms with Crippen LogP contribution in [0.3, 0.4) is 0 Å². The van der Waals surface area contributed by atoms with Crippen molar-refractivity contribution in [2.24, 2.45) is 0 Å². The average molecular weight is 248 g/mol. The molecule has 0 atom stereocenters. The third-order valence-corrected chi connectivity index (χ3v) is 2.25. The van der Waals surface area contributed by atoms with Gasteiger partial charge in [0.05, 0.1) is 5.69 Å². The van der Waals surface area contributed by atoms with Crippen LogP contribution < -0.4 is 10.9 Å². The Balaban J connectivity index is 1.85. The second kappa shape index (κ2) is 5.26. The lowest BCUT2D eigenvalue weighted by Gasteiger charge is -2.01. The molecule has 0 radical (unpaired) electrons. The zero-order valence-corrected chi connectivity index (χ0v) is 9.77. The molecule has 2 aromatic heterocycles. The van der Waals surface area contributed by atoms with Gasteiger partial charge >= 0.3 is 0 Å². The zero-order valence-electron chi connectivity index (χ0n) is 9.77. The van der Waals surface area contributed by atoms with Crippen molar-refractivity contribution in [1.82, 2.24) is 20.7 Å². The predicted octanol–water partition coefficient (Wildman–Crippen LogP) is 0.0388. The Morgan fingerprint density at radius 3 is 2.94 bits per heavy atom. The fraction of sp³-hybridized carbons (Fsp3) is 0.273. The lowest BCUT2D eigenvalue weighted by molar-refractivity contribution is 0.0947. The molecular formula is C11H12N4O3. The van der Waals surface area contributed by atoms with Crippen molar-refractivity contribution in [2.75, 3.05) is 6.54 Å². The third-order valence-electron chi connectivity index (χ3n) is 2.25. The van der Waals surface area contributed by atoms with Gasteiger partial charge in [-0.2, -0.15) is 5.10 Å². The van der Waals surface area contributed by atoms with Crippen molar-refractivity contribution in [2.45, 2.75) is 13.3 Å². The number of amides is 1. The Morgan fingerprint density at radius 2 is 2.33 bits per heavy atom. The van der Waals surface area contributed by atoms with Gasteiger partial charge in [-0.1, -0.05) is 5.16 Å². The van der Waals surface area contributed by atoms with Crippen molar-refractivity contribution in [3.8, 4) is 0 Å². The van der Waals surface area contributed by atoms with Crippen molar-refractivity contribution in [1.29, 1.82) is 0 Å². The summed E-state index contributed by atoms with van der Waals surface area (Å²) in [4.78, 5) is 22.4. The molecule has 0 aromatic carbocycles. The Bertz CT molecular complexity index is 582. The van der Waals surface area contributed by atoms with Gasteiger partial charge in [0.2, 0.25) is 0 Å². The van der Waals surface area contributed by atoms with Gasteiger partial charge < -0.3 is 9.84 Å². The maximum atomic E-state index is 11.6. The zero-order chi connectivity index (χ0) is 13.0. The van der Waals surface area contributed by atoms with E-state index in [0.717, 1.165) is 5.69 Å². The number of nitrogens with zero attached hydrogens (tertiary/aromatic N) is 2. The first kappa shape index (κ1) is 12.0. The monoisotopic (exact) mass is 248 g/mol. The fourth-order valence-corrected chi connectivity index (χ4v) is 1.39. The van der Waals surface area contributed by atoms with Crippen LogP contribution in [0.4, 0.5) is 0 Å². The van der Waals surface area contributed by atoms with Crippen LogP contribution in [0, 0.1) is 6.92 Å². The number of aromatic nitrogens is 3. The molecule has 94 valence electrons. The van der Waals surface area contributed by atoms with Gasteiger partial charge in [-0.3, -0.25) is 9.59 Å². The molecule has 2 N–H and O–H groups in total. The van der Waals surface area contributed by atoms with E-state index in [1.54, 1.807) is 0 Å². The molecule has 0 bridgehead atoms. The number of hydrogen-bond donors (Lipinski definition) is 2. The quantitative estimate of drug-likeness (QED) is 0.795. The summed E-state index contributed by atoms with van der Waals surface area (Å²) in [5, 5.41) is 12.2. The number of nitrogens with one attached hydrogen (secondary N) is 2. The maximum absolute atomic E-state index is 11.6. The van der Waals surface area contributed by atoms with Gasteiger partial charge in [0.15, 0.2) is 0 Å². The molecule has 0 unspecified atom stereocenters. The lowest BCUT2D eigenvalue weighted by atomic mass is 10.3. The van der Waals surface area contributed by atoms with E-state index in [0.29, 0.717) is 18.7 Å². The second-order valence-corrected chi connectivity index (χ2v) is 3.75. The van der Waals surface area contributed by atoms with Crippen molar-refractivity contribution >= 4 is 5.91 Å².